The van der Waals surface area contributed by atoms with Crippen LogP contribution in [0.3, 0.4) is 0 Å². The van der Waals surface area contributed by atoms with Crippen LogP contribution < -0.4 is 5.73 Å². The molecule has 0 bridgehead atoms. The number of hydrogen-bond donors (Lipinski definition) is 9. The molecule has 33 heavy (non-hydrogen) atoms. The third-order valence-electron chi connectivity index (χ3n) is 4.14. The zero-order chi connectivity index (χ0) is 25.4. The van der Waals surface area contributed by atoms with E-state index in [2.05, 4.69) is 13.6 Å². The summed E-state index contributed by atoms with van der Waals surface area (Å²) in [6, 6.07) is 4.97. The summed E-state index contributed by atoms with van der Waals surface area (Å²) in [5, 5.41) is 20.8. The zero-order valence-electron chi connectivity index (χ0n) is 16.0. The van der Waals surface area contributed by atoms with Crippen LogP contribution in [-0.2, 0) is 32.0 Å². The van der Waals surface area contributed by atoms with E-state index in [0.29, 0.717) is 0 Å². The molecule has 17 nitrogen and oxygen atoms in total. The number of carbonyl (C=O) groups is 1. The van der Waals surface area contributed by atoms with Gasteiger partial charge >= 0.3 is 29.4 Å². The highest BCUT2D eigenvalue weighted by molar-refractivity contribution is 7.46. The van der Waals surface area contributed by atoms with E-state index >= 15 is 0 Å². The minimum atomic E-state index is -5.58. The molecule has 0 unspecified atom stereocenters. The number of carbonyl (C=O) groups excluding carboxylic acids is 1. The third kappa shape index (κ3) is 8.17. The first-order chi connectivity index (χ1) is 14.9. The van der Waals surface area contributed by atoms with Gasteiger partial charge in [-0.1, -0.05) is 6.07 Å². The van der Waals surface area contributed by atoms with E-state index in [1.165, 1.54) is 18.2 Å². The van der Waals surface area contributed by atoms with E-state index < -0.39 is 66.1 Å². The molecule has 1 saturated carbocycles. The maximum Gasteiger partial charge on any atom is 0.470 e. The summed E-state index contributed by atoms with van der Waals surface area (Å²) in [5.74, 6) is -1.31. The Hall–Kier alpha value is -1.26. The molecule has 1 aliphatic carbocycles. The van der Waals surface area contributed by atoms with Gasteiger partial charge in [0.25, 0.3) is 0 Å². The number of esters is 1. The van der Waals surface area contributed by atoms with Crippen LogP contribution in [0.25, 0.3) is 0 Å². The molecule has 0 saturated heterocycles. The van der Waals surface area contributed by atoms with Crippen LogP contribution in [-0.4, -0.2) is 82.2 Å². The molecule has 1 aromatic carbocycles. The van der Waals surface area contributed by atoms with E-state index in [1.807, 2.05) is 0 Å². The Morgan fingerprint density at radius 3 is 1.70 bits per heavy atom. The van der Waals surface area contributed by atoms with Gasteiger partial charge < -0.3 is 50.0 Å². The second-order valence-corrected chi connectivity index (χ2v) is 10.2. The largest absolute Gasteiger partial charge is 0.470 e. The fraction of sp³-hybridized carbons (Fsp3) is 0.462. The van der Waals surface area contributed by atoms with Gasteiger partial charge in [0.2, 0.25) is 0 Å². The topological polar surface area (TPSA) is 293 Å². The summed E-state index contributed by atoms with van der Waals surface area (Å²) in [4.78, 5) is 67.2. The van der Waals surface area contributed by atoms with Crippen molar-refractivity contribution in [3.63, 3.8) is 0 Å². The lowest BCUT2D eigenvalue weighted by Crippen LogP contribution is -2.66. The van der Waals surface area contributed by atoms with Crippen LogP contribution in [0.15, 0.2) is 24.3 Å². The SMILES string of the molecule is Nc1cccc(C(=O)O[C@H]2[C@@H](O)[C@@H](OP(=O)(O)O)[C@H](O)[C@@H](OP(=O)(O)O)[C@@H]2OP(=O)(O)O)c1. The first-order valence-electron chi connectivity index (χ1n) is 8.52. The molecule has 10 N–H and O–H groups in total. The van der Waals surface area contributed by atoms with Crippen molar-refractivity contribution >= 4 is 35.1 Å². The maximum absolute atomic E-state index is 12.5. The van der Waals surface area contributed by atoms with Crippen molar-refractivity contribution in [3.05, 3.63) is 29.8 Å². The number of aliphatic hydroxyl groups excluding tert-OH is 2. The van der Waals surface area contributed by atoms with Crippen molar-refractivity contribution < 1.29 is 76.4 Å². The van der Waals surface area contributed by atoms with Crippen molar-refractivity contribution in [1.82, 2.24) is 0 Å². The van der Waals surface area contributed by atoms with Gasteiger partial charge in [-0.2, -0.15) is 0 Å². The van der Waals surface area contributed by atoms with Crippen molar-refractivity contribution in [2.45, 2.75) is 36.6 Å². The van der Waals surface area contributed by atoms with E-state index in [0.717, 1.165) is 6.07 Å². The van der Waals surface area contributed by atoms with Gasteiger partial charge in [0.15, 0.2) is 6.10 Å². The highest BCUT2D eigenvalue weighted by atomic mass is 31.2. The Morgan fingerprint density at radius 1 is 0.758 bits per heavy atom. The molecule has 0 aromatic heterocycles. The fourth-order valence-electron chi connectivity index (χ4n) is 2.99. The summed E-state index contributed by atoms with van der Waals surface area (Å²) in [7, 11) is -16.6. The number of benzene rings is 1. The number of phosphoric ester groups is 3. The van der Waals surface area contributed by atoms with Crippen LogP contribution in [0.4, 0.5) is 5.69 Å². The highest BCUT2D eigenvalue weighted by Crippen LogP contribution is 2.49. The third-order valence-corrected chi connectivity index (χ3v) is 5.69. The smallest absolute Gasteiger partial charge is 0.453 e. The van der Waals surface area contributed by atoms with Gasteiger partial charge in [0.1, 0.15) is 30.5 Å². The Kier molecular flexibility index (Phi) is 8.61. The molecule has 2 rings (SSSR count). The summed E-state index contributed by atoms with van der Waals surface area (Å²) in [6.07, 6.45) is -14.8. The Morgan fingerprint density at radius 2 is 1.21 bits per heavy atom. The molecular formula is C13H20NO16P3. The number of nitrogens with two attached hydrogens (primary N) is 1. The second-order valence-electron chi connectivity index (χ2n) is 6.66. The number of hydrogen-bond acceptors (Lipinski definition) is 11. The van der Waals surface area contributed by atoms with Crippen LogP contribution in [0.1, 0.15) is 10.4 Å². The van der Waals surface area contributed by atoms with Crippen molar-refractivity contribution in [3.8, 4) is 0 Å². The second kappa shape index (κ2) is 10.2. The van der Waals surface area contributed by atoms with Gasteiger partial charge in [0.05, 0.1) is 5.56 Å². The molecule has 0 aliphatic heterocycles. The molecule has 0 heterocycles. The molecule has 0 spiro atoms. The quantitative estimate of drug-likeness (QED) is 0.0976. The highest BCUT2D eigenvalue weighted by Gasteiger charge is 2.58. The minimum Gasteiger partial charge on any atom is -0.453 e. The first-order valence-corrected chi connectivity index (χ1v) is 13.1. The van der Waals surface area contributed by atoms with E-state index in [1.54, 1.807) is 0 Å². The lowest BCUT2D eigenvalue weighted by Gasteiger charge is -2.45. The van der Waals surface area contributed by atoms with Gasteiger partial charge in [-0.05, 0) is 18.2 Å². The maximum atomic E-state index is 12.5. The minimum absolute atomic E-state index is 0.0810. The average Bonchev–Trinajstić information content (AvgIpc) is 2.62. The zero-order valence-corrected chi connectivity index (χ0v) is 18.7. The molecule has 0 amide bonds. The lowest BCUT2D eigenvalue weighted by molar-refractivity contribution is -0.212. The van der Waals surface area contributed by atoms with Gasteiger partial charge in [-0.3, -0.25) is 13.6 Å². The van der Waals surface area contributed by atoms with Crippen LogP contribution in [0.2, 0.25) is 0 Å². The number of aliphatic hydroxyl groups is 2. The first kappa shape index (κ1) is 28.0. The average molecular weight is 539 g/mol. The van der Waals surface area contributed by atoms with Gasteiger partial charge in [-0.15, -0.1) is 0 Å². The molecule has 20 heteroatoms. The summed E-state index contributed by atoms with van der Waals surface area (Å²) in [6.45, 7) is 0. The standard InChI is InChI=1S/C13H20NO16P3/c14-6-3-1-2-5(4-6)13(17)27-10-7(15)9(28-31(18,19)20)8(16)11(29-32(21,22)23)12(10)30-33(24,25)26/h1-4,7-12,15-16H,14H2,(H2,18,19,20)(H2,21,22,23)(H2,24,25,26)/t7-,8-,9+,10-,11+,12+/m0/s1. The Balaban J connectivity index is 2.54. The Bertz CT molecular complexity index is 1000. The molecule has 1 fully saturated rings. The van der Waals surface area contributed by atoms with E-state index in [-0.39, 0.29) is 11.3 Å². The van der Waals surface area contributed by atoms with Crippen molar-refractivity contribution in [1.29, 1.82) is 0 Å². The molecule has 1 aliphatic rings. The van der Waals surface area contributed by atoms with E-state index in [9.17, 15) is 38.5 Å². The summed E-state index contributed by atoms with van der Waals surface area (Å²) in [5.41, 5.74) is 5.36. The predicted molar refractivity (Wildman–Crippen MR) is 103 cm³/mol. The molecule has 188 valence electrons. The number of ether oxygens (including phenoxy) is 1. The van der Waals surface area contributed by atoms with Crippen LogP contribution >= 0.6 is 23.5 Å². The van der Waals surface area contributed by atoms with E-state index in [4.69, 9.17) is 30.0 Å². The lowest BCUT2D eigenvalue weighted by atomic mass is 9.85. The van der Waals surface area contributed by atoms with Gasteiger partial charge in [-0.25, -0.2) is 18.5 Å². The van der Waals surface area contributed by atoms with Crippen molar-refractivity contribution in [2.24, 2.45) is 0 Å². The summed E-state index contributed by atoms with van der Waals surface area (Å²) >= 11 is 0. The molecule has 6 atom stereocenters. The normalized spacial score (nSPS) is 29.0. The van der Waals surface area contributed by atoms with Crippen molar-refractivity contribution in [2.75, 3.05) is 5.73 Å². The monoisotopic (exact) mass is 539 g/mol. The number of phosphoric acid groups is 3. The molecule has 1 aromatic rings. The number of rotatable bonds is 8. The number of anilines is 1. The fourth-order valence-corrected chi connectivity index (χ4v) is 4.67. The number of nitrogen functional groups attached to an aromatic ring is 1. The Labute approximate surface area is 184 Å². The molecule has 0 radical (unpaired) electrons. The van der Waals surface area contributed by atoms with Gasteiger partial charge in [0, 0.05) is 5.69 Å². The van der Waals surface area contributed by atoms with Crippen LogP contribution in [0.5, 0.6) is 0 Å². The van der Waals surface area contributed by atoms with Crippen LogP contribution in [0, 0.1) is 0 Å². The summed E-state index contributed by atoms with van der Waals surface area (Å²) < 4.78 is 51.9. The molecular weight excluding hydrogens is 519 g/mol. The predicted octanol–water partition coefficient (Wildman–Crippen LogP) is -2.04.